The summed E-state index contributed by atoms with van der Waals surface area (Å²) >= 11 is 1.56. The summed E-state index contributed by atoms with van der Waals surface area (Å²) in [6.45, 7) is 0.0739. The van der Waals surface area contributed by atoms with E-state index >= 15 is 0 Å². The maximum absolute atomic E-state index is 14.6. The molecule has 2 aliphatic carbocycles. The number of hydrogen-bond donors (Lipinski definition) is 3. The second kappa shape index (κ2) is 7.49. The molecule has 0 aromatic heterocycles. The van der Waals surface area contributed by atoms with Gasteiger partial charge in [0.1, 0.15) is 11.9 Å². The number of nitrogens with zero attached hydrogens (tertiary/aromatic N) is 3. The normalized spacial score (nSPS) is 35.6. The van der Waals surface area contributed by atoms with Crippen molar-refractivity contribution in [2.45, 2.75) is 55.6 Å². The molecule has 166 valence electrons. The molecule has 5 N–H and O–H groups in total. The maximum atomic E-state index is 14.6. The highest BCUT2D eigenvalue weighted by atomic mass is 32.2. The first-order chi connectivity index (χ1) is 14.8. The molecular formula is C20H25F2N7OS. The number of hydrogen-bond acceptors (Lipinski definition) is 6. The molecule has 0 bridgehead atoms. The second-order valence-corrected chi connectivity index (χ2v) is 9.73. The number of amides is 1. The van der Waals surface area contributed by atoms with Crippen LogP contribution in [0, 0.1) is 11.3 Å². The Morgan fingerprint density at radius 3 is 2.90 bits per heavy atom. The highest BCUT2D eigenvalue weighted by Gasteiger charge is 2.69. The van der Waals surface area contributed by atoms with Gasteiger partial charge in [-0.25, -0.2) is 13.8 Å². The van der Waals surface area contributed by atoms with Crippen LogP contribution in [0.4, 0.5) is 8.78 Å². The number of thioether (sulfide) groups is 1. The van der Waals surface area contributed by atoms with Gasteiger partial charge in [0.05, 0.1) is 17.4 Å². The molecule has 5 unspecified atom stereocenters. The summed E-state index contributed by atoms with van der Waals surface area (Å²) in [4.78, 5) is 25.3. The minimum absolute atomic E-state index is 0.0124. The summed E-state index contributed by atoms with van der Waals surface area (Å²) in [5.74, 6) is 5.51. The van der Waals surface area contributed by atoms with Gasteiger partial charge in [0, 0.05) is 18.3 Å². The van der Waals surface area contributed by atoms with E-state index in [9.17, 15) is 13.6 Å². The summed E-state index contributed by atoms with van der Waals surface area (Å²) in [6.07, 6.45) is 6.73. The zero-order chi connectivity index (χ0) is 21.8. The van der Waals surface area contributed by atoms with Gasteiger partial charge in [-0.1, -0.05) is 6.08 Å². The molecule has 0 aromatic rings. The summed E-state index contributed by atoms with van der Waals surface area (Å²) in [5, 5.41) is 5.33. The Labute approximate surface area is 183 Å². The zero-order valence-corrected chi connectivity index (χ0v) is 17.7. The molecule has 2 fully saturated rings. The molecule has 0 saturated heterocycles. The smallest absolute Gasteiger partial charge is 0.270 e. The molecule has 8 nitrogen and oxygen atoms in total. The van der Waals surface area contributed by atoms with Crippen LogP contribution in [0.3, 0.4) is 0 Å². The molecule has 3 heterocycles. The van der Waals surface area contributed by atoms with Gasteiger partial charge in [-0.2, -0.15) is 0 Å². The number of primary amides is 1. The molecule has 1 amide bonds. The lowest BCUT2D eigenvalue weighted by molar-refractivity contribution is -0.908. The third-order valence-electron chi connectivity index (χ3n) is 6.97. The number of alkyl halides is 2. The van der Waals surface area contributed by atoms with Gasteiger partial charge in [-0.05, 0) is 37.2 Å². The Balaban J connectivity index is 1.38. The molecule has 5 aliphatic rings. The van der Waals surface area contributed by atoms with Gasteiger partial charge in [0.2, 0.25) is 0 Å². The molecule has 5 rings (SSSR count). The highest BCUT2D eigenvalue weighted by molar-refractivity contribution is 8.03. The van der Waals surface area contributed by atoms with E-state index in [1.165, 1.54) is 0 Å². The Bertz CT molecular complexity index is 940. The zero-order valence-electron chi connectivity index (χ0n) is 16.9. The van der Waals surface area contributed by atoms with E-state index in [1.54, 1.807) is 18.0 Å². The predicted octanol–water partition coefficient (Wildman–Crippen LogP) is 1.23. The second-order valence-electron chi connectivity index (χ2n) is 8.74. The van der Waals surface area contributed by atoms with Gasteiger partial charge in [-0.15, -0.1) is 11.8 Å². The predicted molar refractivity (Wildman–Crippen MR) is 116 cm³/mol. The Kier molecular flexibility index (Phi) is 5.02. The highest BCUT2D eigenvalue weighted by Crippen LogP contribution is 2.63. The number of carbonyl (C=O) groups excluding carboxylic acids is 1. The van der Waals surface area contributed by atoms with Crippen molar-refractivity contribution in [1.29, 1.82) is 0 Å². The average molecular weight is 450 g/mol. The Morgan fingerprint density at radius 2 is 2.16 bits per heavy atom. The van der Waals surface area contributed by atoms with Crippen LogP contribution in [-0.2, 0) is 4.79 Å². The van der Waals surface area contributed by atoms with Crippen molar-refractivity contribution in [2.24, 2.45) is 32.0 Å². The summed E-state index contributed by atoms with van der Waals surface area (Å²) < 4.78 is 29.3. The minimum Gasteiger partial charge on any atom is -0.467 e. The SMILES string of the molecule is [NH-][NH+](C1CN=C(C(N)=O)C(NC2=CSC3N=CC=CC23)=N1)C1CCCC(F)(F)C12CC2. The monoisotopic (exact) mass is 449 g/mol. The first kappa shape index (κ1) is 20.8. The number of halogens is 2. The average Bonchev–Trinajstić information content (AvgIpc) is 3.46. The number of fused-ring (bicyclic) bond motifs is 1. The van der Waals surface area contributed by atoms with Crippen LogP contribution >= 0.6 is 11.8 Å². The number of amidine groups is 1. The van der Waals surface area contributed by atoms with Crippen molar-refractivity contribution < 1.29 is 18.6 Å². The first-order valence-corrected chi connectivity index (χ1v) is 11.5. The largest absolute Gasteiger partial charge is 0.467 e. The molecule has 0 radical (unpaired) electrons. The fraction of sp³-hybridized carbons (Fsp3) is 0.600. The van der Waals surface area contributed by atoms with Crippen LogP contribution in [-0.4, -0.2) is 53.7 Å². The number of quaternary nitrogens is 1. The number of nitrogens with one attached hydrogen (secondary N) is 3. The van der Waals surface area contributed by atoms with E-state index in [4.69, 9.17) is 11.6 Å². The van der Waals surface area contributed by atoms with Crippen LogP contribution in [0.15, 0.2) is 38.2 Å². The van der Waals surface area contributed by atoms with Crippen LogP contribution in [0.5, 0.6) is 0 Å². The third kappa shape index (κ3) is 3.42. The van der Waals surface area contributed by atoms with E-state index < -0.39 is 29.5 Å². The quantitative estimate of drug-likeness (QED) is 0.560. The number of rotatable bonds is 4. The Hall–Kier alpha value is -2.11. The van der Waals surface area contributed by atoms with Crippen LogP contribution < -0.4 is 16.1 Å². The lowest BCUT2D eigenvalue weighted by atomic mass is 9.77. The molecule has 3 aliphatic heterocycles. The lowest BCUT2D eigenvalue weighted by Crippen LogP contribution is -3.15. The van der Waals surface area contributed by atoms with E-state index in [-0.39, 0.29) is 40.8 Å². The number of allylic oxidation sites excluding steroid dienone is 1. The van der Waals surface area contributed by atoms with Crippen LogP contribution in [0.2, 0.25) is 0 Å². The van der Waals surface area contributed by atoms with E-state index in [1.807, 2.05) is 17.6 Å². The molecule has 2 saturated carbocycles. The number of nitrogens with two attached hydrogens (primary N) is 1. The van der Waals surface area contributed by atoms with E-state index in [0.29, 0.717) is 25.7 Å². The van der Waals surface area contributed by atoms with Gasteiger partial charge in [-0.3, -0.25) is 14.8 Å². The van der Waals surface area contributed by atoms with Crippen molar-refractivity contribution in [1.82, 2.24) is 5.32 Å². The van der Waals surface area contributed by atoms with E-state index in [2.05, 4.69) is 20.3 Å². The van der Waals surface area contributed by atoms with Crippen LogP contribution in [0.25, 0.3) is 5.84 Å². The van der Waals surface area contributed by atoms with Gasteiger partial charge in [0.25, 0.3) is 11.8 Å². The standard InChI is InChI=1S/C20H25F2N7OS/c21-20(22)5-1-4-13(19(20)6-7-19)29(24)14-9-26-15(16(23)30)17(28-14)27-12-10-31-18-11(12)3-2-8-25-18/h2-3,8,10-11,13-14,18,24,29H,1,4-7,9H2,(H2,23,30)(H,27,28). The number of carbonyl (C=O) groups is 1. The van der Waals surface area contributed by atoms with Crippen LogP contribution in [0.1, 0.15) is 32.1 Å². The van der Waals surface area contributed by atoms with Crippen molar-refractivity contribution >= 4 is 35.4 Å². The van der Waals surface area contributed by atoms with E-state index in [0.717, 1.165) is 5.70 Å². The van der Waals surface area contributed by atoms with Crippen molar-refractivity contribution in [3.8, 4) is 0 Å². The lowest BCUT2D eigenvalue weighted by Gasteiger charge is -2.45. The maximum Gasteiger partial charge on any atom is 0.270 e. The first-order valence-electron chi connectivity index (χ1n) is 10.5. The fourth-order valence-corrected chi connectivity index (χ4v) is 6.20. The molecule has 0 aromatic carbocycles. The fourth-order valence-electron chi connectivity index (χ4n) is 5.15. The summed E-state index contributed by atoms with van der Waals surface area (Å²) in [5.41, 5.74) is 5.27. The third-order valence-corrected chi connectivity index (χ3v) is 8.05. The molecule has 5 atom stereocenters. The topological polar surface area (TPSA) is 120 Å². The molecular weight excluding hydrogens is 424 g/mol. The van der Waals surface area contributed by atoms with Crippen molar-refractivity contribution in [2.75, 3.05) is 6.54 Å². The molecule has 1 spiro atoms. The van der Waals surface area contributed by atoms with Gasteiger partial charge < -0.3 is 21.9 Å². The van der Waals surface area contributed by atoms with Crippen molar-refractivity contribution in [3.05, 3.63) is 29.1 Å². The number of dihydropyridines is 1. The molecule has 11 heteroatoms. The van der Waals surface area contributed by atoms with Crippen molar-refractivity contribution in [3.63, 3.8) is 0 Å². The Morgan fingerprint density at radius 1 is 1.35 bits per heavy atom. The molecule has 31 heavy (non-hydrogen) atoms. The number of aliphatic imine (C=N–C) groups is 3. The van der Waals surface area contributed by atoms with Gasteiger partial charge in [0.15, 0.2) is 17.7 Å². The minimum atomic E-state index is -2.74. The summed E-state index contributed by atoms with van der Waals surface area (Å²) in [7, 11) is 0. The van der Waals surface area contributed by atoms with Gasteiger partial charge >= 0.3 is 0 Å². The summed E-state index contributed by atoms with van der Waals surface area (Å²) in [6, 6.07) is -0.502.